The van der Waals surface area contributed by atoms with E-state index in [0.717, 1.165) is 17.1 Å². The van der Waals surface area contributed by atoms with Gasteiger partial charge in [0.05, 0.1) is 6.10 Å². The molecule has 19 heavy (non-hydrogen) atoms. The van der Waals surface area contributed by atoms with E-state index < -0.39 is 0 Å². The Kier molecular flexibility index (Phi) is 4.12. The van der Waals surface area contributed by atoms with Crippen LogP contribution < -0.4 is 4.74 Å². The zero-order valence-corrected chi connectivity index (χ0v) is 12.1. The highest BCUT2D eigenvalue weighted by atomic mass is 32.2. The Hall–Kier alpha value is -0.960. The van der Waals surface area contributed by atoms with Gasteiger partial charge in [-0.3, -0.25) is 4.79 Å². The first-order valence-electron chi connectivity index (χ1n) is 7.25. The molecule has 1 aliphatic carbocycles. The van der Waals surface area contributed by atoms with Crippen LogP contribution >= 0.6 is 0 Å². The Labute approximate surface area is 117 Å². The van der Waals surface area contributed by atoms with E-state index in [1.165, 1.54) is 43.6 Å². The third kappa shape index (κ3) is 3.75. The summed E-state index contributed by atoms with van der Waals surface area (Å²) in [4.78, 5) is 12.0. The van der Waals surface area contributed by atoms with Crippen molar-refractivity contribution >= 4 is 16.7 Å². The van der Waals surface area contributed by atoms with E-state index >= 15 is 0 Å². The van der Waals surface area contributed by atoms with Crippen LogP contribution in [0.4, 0.5) is 0 Å². The number of carbonyl (C=O) groups excluding carboxylic acids is 1. The van der Waals surface area contributed by atoms with Gasteiger partial charge in [-0.15, -0.1) is 0 Å². The molecule has 0 aromatic heterocycles. The lowest BCUT2D eigenvalue weighted by Gasteiger charge is -2.22. The molecule has 2 nitrogen and oxygen atoms in total. The van der Waals surface area contributed by atoms with Gasteiger partial charge in [0.15, 0.2) is 17.3 Å². The molecule has 0 amide bonds. The molecule has 0 radical (unpaired) electrons. The lowest BCUT2D eigenvalue weighted by molar-refractivity contribution is 0.102. The number of ketones is 1. The van der Waals surface area contributed by atoms with Gasteiger partial charge in [-0.05, 0) is 49.9 Å². The van der Waals surface area contributed by atoms with Gasteiger partial charge in [0.25, 0.3) is 0 Å². The van der Waals surface area contributed by atoms with Crippen LogP contribution in [0, 0.1) is 0 Å². The number of rotatable bonds is 5. The molecule has 2 fully saturated rings. The van der Waals surface area contributed by atoms with Crippen molar-refractivity contribution in [2.24, 2.45) is 0 Å². The van der Waals surface area contributed by atoms with Crippen LogP contribution in [0.25, 0.3) is 0 Å². The highest BCUT2D eigenvalue weighted by Crippen LogP contribution is 2.24. The monoisotopic (exact) mass is 277 g/mol. The van der Waals surface area contributed by atoms with Crippen LogP contribution in [0.2, 0.25) is 0 Å². The largest absolute Gasteiger partial charge is 0.490 e. The average molecular weight is 277 g/mol. The Balaban J connectivity index is 1.56. The second-order valence-electron chi connectivity index (χ2n) is 5.49. The third-order valence-electron chi connectivity index (χ3n) is 3.86. The zero-order chi connectivity index (χ0) is 13.1. The smallest absolute Gasteiger partial charge is 0.211 e. The number of carbonyl (C=O) groups is 1. The van der Waals surface area contributed by atoms with Crippen molar-refractivity contribution in [3.8, 4) is 5.75 Å². The Bertz CT molecular complexity index is 431. The first-order valence-corrected chi connectivity index (χ1v) is 8.98. The van der Waals surface area contributed by atoms with Crippen LogP contribution in [0.15, 0.2) is 24.3 Å². The highest BCUT2D eigenvalue weighted by Gasteiger charge is 2.36. The topological polar surface area (TPSA) is 26.3 Å². The fraction of sp³-hybridized carbons (Fsp3) is 0.562. The summed E-state index contributed by atoms with van der Waals surface area (Å²) in [5.41, 5.74) is 0.843. The SMILES string of the molecule is O=C(C[S+]1CC1)c1ccc(OC2CCCCC2)cc1. The molecule has 1 aromatic rings. The lowest BCUT2D eigenvalue weighted by atomic mass is 9.98. The minimum absolute atomic E-state index is 0.296. The van der Waals surface area contributed by atoms with Crippen molar-refractivity contribution < 1.29 is 9.53 Å². The van der Waals surface area contributed by atoms with Gasteiger partial charge < -0.3 is 4.74 Å². The van der Waals surface area contributed by atoms with E-state index in [0.29, 0.717) is 22.8 Å². The summed E-state index contributed by atoms with van der Waals surface area (Å²) in [5, 5.41) is 0. The fourth-order valence-electron chi connectivity index (χ4n) is 2.57. The van der Waals surface area contributed by atoms with E-state index in [-0.39, 0.29) is 0 Å². The van der Waals surface area contributed by atoms with Crippen LogP contribution in [0.5, 0.6) is 5.75 Å². The van der Waals surface area contributed by atoms with Gasteiger partial charge >= 0.3 is 0 Å². The number of benzene rings is 1. The maximum Gasteiger partial charge on any atom is 0.211 e. The van der Waals surface area contributed by atoms with Gasteiger partial charge in [0.1, 0.15) is 5.75 Å². The molecule has 1 saturated carbocycles. The molecule has 0 unspecified atom stereocenters. The fourth-order valence-corrected chi connectivity index (χ4v) is 3.86. The Morgan fingerprint density at radius 1 is 1.11 bits per heavy atom. The molecule has 0 spiro atoms. The number of Topliss-reactive ketones (excluding diaryl/α,β-unsaturated/α-hetero) is 1. The van der Waals surface area contributed by atoms with Crippen molar-refractivity contribution in [2.45, 2.75) is 38.2 Å². The standard InChI is InChI=1S/C16H21O2S/c17-16(12-19-10-11-19)13-6-8-15(9-7-13)18-14-4-2-1-3-5-14/h6-9,14H,1-5,10-12H2/q+1. The van der Waals surface area contributed by atoms with Gasteiger partial charge in [-0.25, -0.2) is 0 Å². The van der Waals surface area contributed by atoms with Crippen molar-refractivity contribution in [1.82, 2.24) is 0 Å². The summed E-state index contributed by atoms with van der Waals surface area (Å²) in [6.07, 6.45) is 6.62. The van der Waals surface area contributed by atoms with Gasteiger partial charge in [0.2, 0.25) is 5.78 Å². The molecule has 3 heteroatoms. The highest BCUT2D eigenvalue weighted by molar-refractivity contribution is 8.04. The van der Waals surface area contributed by atoms with Gasteiger partial charge in [-0.2, -0.15) is 0 Å². The minimum Gasteiger partial charge on any atom is -0.490 e. The van der Waals surface area contributed by atoms with Gasteiger partial charge in [-0.1, -0.05) is 6.42 Å². The molecule has 1 saturated heterocycles. The molecular weight excluding hydrogens is 256 g/mol. The summed E-state index contributed by atoms with van der Waals surface area (Å²) in [6, 6.07) is 7.76. The molecule has 0 atom stereocenters. The number of hydrogen-bond acceptors (Lipinski definition) is 2. The summed E-state index contributed by atoms with van der Waals surface area (Å²) >= 11 is 0. The molecular formula is C16H21O2S+. The number of hydrogen-bond donors (Lipinski definition) is 0. The van der Waals surface area contributed by atoms with Crippen LogP contribution in [-0.2, 0) is 10.9 Å². The maximum atomic E-state index is 12.0. The van der Waals surface area contributed by atoms with Gasteiger partial charge in [0, 0.05) is 16.5 Å². The molecule has 1 heterocycles. The second kappa shape index (κ2) is 6.00. The summed E-state index contributed by atoms with van der Waals surface area (Å²) in [5.74, 6) is 4.48. The Morgan fingerprint density at radius 2 is 1.79 bits per heavy atom. The van der Waals surface area contributed by atoms with Crippen molar-refractivity contribution in [3.05, 3.63) is 29.8 Å². The van der Waals surface area contributed by atoms with E-state index in [2.05, 4.69) is 0 Å². The van der Waals surface area contributed by atoms with E-state index in [9.17, 15) is 4.79 Å². The summed E-state index contributed by atoms with van der Waals surface area (Å²) in [7, 11) is 0.412. The van der Waals surface area contributed by atoms with Crippen molar-refractivity contribution in [3.63, 3.8) is 0 Å². The van der Waals surface area contributed by atoms with Crippen molar-refractivity contribution in [1.29, 1.82) is 0 Å². The minimum atomic E-state index is 0.296. The zero-order valence-electron chi connectivity index (χ0n) is 11.3. The van der Waals surface area contributed by atoms with E-state index in [1.807, 2.05) is 24.3 Å². The molecule has 1 aromatic carbocycles. The first-order chi connectivity index (χ1) is 9.31. The third-order valence-corrected chi connectivity index (χ3v) is 5.52. The molecule has 102 valence electrons. The predicted octanol–water partition coefficient (Wildman–Crippen LogP) is 3.21. The first kappa shape index (κ1) is 13.0. The van der Waals surface area contributed by atoms with Crippen molar-refractivity contribution in [2.75, 3.05) is 17.3 Å². The molecule has 0 bridgehead atoms. The van der Waals surface area contributed by atoms with Crippen LogP contribution in [-0.4, -0.2) is 29.1 Å². The normalized spacial score (nSPS) is 20.2. The number of ether oxygens (including phenoxy) is 1. The lowest BCUT2D eigenvalue weighted by Crippen LogP contribution is -2.19. The summed E-state index contributed by atoms with van der Waals surface area (Å²) in [6.45, 7) is 0. The maximum absolute atomic E-state index is 12.0. The van der Waals surface area contributed by atoms with E-state index in [4.69, 9.17) is 4.74 Å². The van der Waals surface area contributed by atoms with Crippen LogP contribution in [0.1, 0.15) is 42.5 Å². The van der Waals surface area contributed by atoms with Crippen LogP contribution in [0.3, 0.4) is 0 Å². The Morgan fingerprint density at radius 3 is 2.42 bits per heavy atom. The quantitative estimate of drug-likeness (QED) is 0.469. The molecule has 3 rings (SSSR count). The molecule has 0 N–H and O–H groups in total. The van der Waals surface area contributed by atoms with E-state index in [1.54, 1.807) is 0 Å². The molecule has 2 aliphatic rings. The second-order valence-corrected chi connectivity index (χ2v) is 7.82. The predicted molar refractivity (Wildman–Crippen MR) is 80.2 cm³/mol. The summed E-state index contributed by atoms with van der Waals surface area (Å²) < 4.78 is 5.97. The molecule has 1 aliphatic heterocycles. The average Bonchev–Trinajstić information content (AvgIpc) is 3.25.